The molecule has 132 valence electrons. The molecule has 1 aromatic heterocycles. The van der Waals surface area contributed by atoms with Crippen molar-refractivity contribution in [2.75, 3.05) is 20.2 Å². The molecule has 25 heavy (non-hydrogen) atoms. The average Bonchev–Trinajstić information content (AvgIpc) is 2.63. The van der Waals surface area contributed by atoms with Crippen molar-refractivity contribution < 1.29 is 14.6 Å². The predicted octanol–water partition coefficient (Wildman–Crippen LogP) is 3.63. The summed E-state index contributed by atoms with van der Waals surface area (Å²) in [6.07, 6.45) is 3.29. The van der Waals surface area contributed by atoms with Crippen LogP contribution < -0.4 is 4.74 Å². The highest BCUT2D eigenvalue weighted by Crippen LogP contribution is 2.37. The third kappa shape index (κ3) is 3.94. The lowest BCUT2D eigenvalue weighted by Crippen LogP contribution is -2.41. The molecule has 0 radical (unpaired) electrons. The highest BCUT2D eigenvalue weighted by atomic mass is 35.5. The van der Waals surface area contributed by atoms with Gasteiger partial charge in [0.05, 0.1) is 24.8 Å². The number of aliphatic carboxylic acids is 1. The summed E-state index contributed by atoms with van der Waals surface area (Å²) in [5.41, 5.74) is 1.76. The van der Waals surface area contributed by atoms with Gasteiger partial charge in [-0.3, -0.25) is 14.7 Å². The molecule has 2 atom stereocenters. The number of ether oxygens (including phenoxy) is 1. The van der Waals surface area contributed by atoms with Gasteiger partial charge < -0.3 is 9.84 Å². The van der Waals surface area contributed by atoms with E-state index in [0.717, 1.165) is 30.0 Å². The summed E-state index contributed by atoms with van der Waals surface area (Å²) < 4.78 is 5.54. The summed E-state index contributed by atoms with van der Waals surface area (Å²) in [5, 5.41) is 10.1. The van der Waals surface area contributed by atoms with Crippen LogP contribution in [0, 0.1) is 5.92 Å². The number of benzene rings is 1. The Labute approximate surface area is 152 Å². The van der Waals surface area contributed by atoms with Crippen LogP contribution in [0.15, 0.2) is 42.6 Å². The number of carbonyl (C=O) groups is 1. The molecule has 0 amide bonds. The molecule has 2 heterocycles. The third-order valence-electron chi connectivity index (χ3n) is 4.62. The van der Waals surface area contributed by atoms with Gasteiger partial charge in [-0.2, -0.15) is 0 Å². The molecule has 0 saturated carbocycles. The van der Waals surface area contributed by atoms with E-state index in [0.29, 0.717) is 18.0 Å². The van der Waals surface area contributed by atoms with Crippen LogP contribution in [0.3, 0.4) is 0 Å². The molecule has 1 aliphatic heterocycles. The SMILES string of the molecule is COc1ccc(Cl)cc1C(c1ccccn1)N1CCCC(C(=O)O)C1. The zero-order valence-corrected chi connectivity index (χ0v) is 14.8. The Morgan fingerprint density at radius 2 is 2.24 bits per heavy atom. The van der Waals surface area contributed by atoms with E-state index in [1.54, 1.807) is 19.4 Å². The van der Waals surface area contributed by atoms with E-state index < -0.39 is 5.97 Å². The van der Waals surface area contributed by atoms with E-state index in [1.165, 1.54) is 0 Å². The summed E-state index contributed by atoms with van der Waals surface area (Å²) in [6, 6.07) is 11.1. The van der Waals surface area contributed by atoms with Crippen LogP contribution in [-0.4, -0.2) is 41.2 Å². The maximum Gasteiger partial charge on any atom is 0.307 e. The molecular formula is C19H21ClN2O3. The van der Waals surface area contributed by atoms with Crippen LogP contribution in [0.5, 0.6) is 5.75 Å². The van der Waals surface area contributed by atoms with E-state index in [1.807, 2.05) is 30.3 Å². The Hall–Kier alpha value is -2.11. The van der Waals surface area contributed by atoms with Crippen LogP contribution in [0.2, 0.25) is 5.02 Å². The minimum atomic E-state index is -0.748. The maximum absolute atomic E-state index is 11.5. The number of rotatable bonds is 5. The Kier molecular flexibility index (Phi) is 5.56. The minimum absolute atomic E-state index is 0.197. The molecule has 1 aliphatic rings. The monoisotopic (exact) mass is 360 g/mol. The normalized spacial score (nSPS) is 19.4. The van der Waals surface area contributed by atoms with Crippen molar-refractivity contribution in [2.45, 2.75) is 18.9 Å². The second-order valence-electron chi connectivity index (χ2n) is 6.22. The van der Waals surface area contributed by atoms with E-state index in [2.05, 4.69) is 9.88 Å². The number of piperidine rings is 1. The Bertz CT molecular complexity index is 739. The van der Waals surface area contributed by atoms with Gasteiger partial charge in [-0.15, -0.1) is 0 Å². The van der Waals surface area contributed by atoms with Crippen molar-refractivity contribution in [3.63, 3.8) is 0 Å². The van der Waals surface area contributed by atoms with Gasteiger partial charge in [-0.25, -0.2) is 0 Å². The maximum atomic E-state index is 11.5. The van der Waals surface area contributed by atoms with Gasteiger partial charge >= 0.3 is 5.97 Å². The minimum Gasteiger partial charge on any atom is -0.496 e. The summed E-state index contributed by atoms with van der Waals surface area (Å²) in [4.78, 5) is 18.2. The lowest BCUT2D eigenvalue weighted by atomic mass is 9.93. The summed E-state index contributed by atoms with van der Waals surface area (Å²) >= 11 is 6.23. The molecule has 1 saturated heterocycles. The average molecular weight is 361 g/mol. The number of likely N-dealkylation sites (tertiary alicyclic amines) is 1. The third-order valence-corrected chi connectivity index (χ3v) is 4.86. The van der Waals surface area contributed by atoms with Crippen LogP contribution in [-0.2, 0) is 4.79 Å². The van der Waals surface area contributed by atoms with Crippen molar-refractivity contribution in [1.82, 2.24) is 9.88 Å². The number of aromatic nitrogens is 1. The van der Waals surface area contributed by atoms with Crippen molar-refractivity contribution in [2.24, 2.45) is 5.92 Å². The van der Waals surface area contributed by atoms with E-state index in [4.69, 9.17) is 16.3 Å². The molecule has 2 unspecified atom stereocenters. The largest absolute Gasteiger partial charge is 0.496 e. The first-order chi connectivity index (χ1) is 12.1. The lowest BCUT2D eigenvalue weighted by molar-refractivity contribution is -0.143. The Morgan fingerprint density at radius 3 is 2.92 bits per heavy atom. The van der Waals surface area contributed by atoms with Crippen molar-refractivity contribution in [3.8, 4) is 5.75 Å². The van der Waals surface area contributed by atoms with Gasteiger partial charge in [-0.1, -0.05) is 17.7 Å². The number of nitrogens with zero attached hydrogens (tertiary/aromatic N) is 2. The number of carboxylic acids is 1. The first kappa shape index (κ1) is 17.7. The molecule has 1 N–H and O–H groups in total. The topological polar surface area (TPSA) is 62.7 Å². The Balaban J connectivity index is 2.05. The van der Waals surface area contributed by atoms with Crippen molar-refractivity contribution in [3.05, 3.63) is 58.9 Å². The van der Waals surface area contributed by atoms with Crippen LogP contribution in [0.1, 0.15) is 30.1 Å². The summed E-state index contributed by atoms with van der Waals surface area (Å²) in [5.74, 6) is -0.398. The molecule has 0 spiro atoms. The first-order valence-electron chi connectivity index (χ1n) is 8.31. The van der Waals surface area contributed by atoms with Crippen LogP contribution >= 0.6 is 11.6 Å². The van der Waals surface area contributed by atoms with E-state index in [-0.39, 0.29) is 12.0 Å². The number of hydrogen-bond acceptors (Lipinski definition) is 4. The second-order valence-corrected chi connectivity index (χ2v) is 6.65. The van der Waals surface area contributed by atoms with E-state index in [9.17, 15) is 9.90 Å². The zero-order chi connectivity index (χ0) is 17.8. The lowest BCUT2D eigenvalue weighted by Gasteiger charge is -2.37. The van der Waals surface area contributed by atoms with Gasteiger partial charge in [0, 0.05) is 23.3 Å². The van der Waals surface area contributed by atoms with Gasteiger partial charge in [0.25, 0.3) is 0 Å². The molecule has 2 aromatic rings. The van der Waals surface area contributed by atoms with Crippen molar-refractivity contribution in [1.29, 1.82) is 0 Å². The number of pyridine rings is 1. The van der Waals surface area contributed by atoms with Gasteiger partial charge in [0.15, 0.2) is 0 Å². The van der Waals surface area contributed by atoms with Crippen LogP contribution in [0.25, 0.3) is 0 Å². The fraction of sp³-hybridized carbons (Fsp3) is 0.368. The molecule has 1 fully saturated rings. The number of hydrogen-bond donors (Lipinski definition) is 1. The fourth-order valence-electron chi connectivity index (χ4n) is 3.44. The first-order valence-corrected chi connectivity index (χ1v) is 8.69. The Morgan fingerprint density at radius 1 is 1.40 bits per heavy atom. The van der Waals surface area contributed by atoms with Gasteiger partial charge in [-0.05, 0) is 49.7 Å². The second kappa shape index (κ2) is 7.85. The highest BCUT2D eigenvalue weighted by Gasteiger charge is 2.33. The number of carboxylic acid groups (broad SMARTS) is 1. The smallest absolute Gasteiger partial charge is 0.307 e. The van der Waals surface area contributed by atoms with Gasteiger partial charge in [0.1, 0.15) is 5.75 Å². The molecule has 1 aromatic carbocycles. The van der Waals surface area contributed by atoms with Crippen LogP contribution in [0.4, 0.5) is 0 Å². The highest BCUT2D eigenvalue weighted by molar-refractivity contribution is 6.30. The van der Waals surface area contributed by atoms with Gasteiger partial charge in [0.2, 0.25) is 0 Å². The molecule has 3 rings (SSSR count). The standard InChI is InChI=1S/C19H21ClN2O3/c1-25-17-8-7-14(20)11-15(17)18(16-6-2-3-9-21-16)22-10-4-5-13(12-22)19(23)24/h2-3,6-9,11,13,18H,4-5,10,12H2,1H3,(H,23,24). The quantitative estimate of drug-likeness (QED) is 0.882. The molecule has 0 bridgehead atoms. The number of methoxy groups -OCH3 is 1. The molecule has 5 nitrogen and oxygen atoms in total. The predicted molar refractivity (Wildman–Crippen MR) is 96.0 cm³/mol. The zero-order valence-electron chi connectivity index (χ0n) is 14.1. The van der Waals surface area contributed by atoms with E-state index >= 15 is 0 Å². The summed E-state index contributed by atoms with van der Waals surface area (Å²) in [7, 11) is 1.62. The fourth-order valence-corrected chi connectivity index (χ4v) is 3.62. The molecule has 0 aliphatic carbocycles. The summed E-state index contributed by atoms with van der Waals surface area (Å²) in [6.45, 7) is 1.28. The number of halogens is 1. The van der Waals surface area contributed by atoms with Crippen molar-refractivity contribution >= 4 is 17.6 Å². The molecule has 6 heteroatoms. The molecular weight excluding hydrogens is 340 g/mol.